The number of nitrogens with one attached hydrogen (secondary N) is 1. The summed E-state index contributed by atoms with van der Waals surface area (Å²) >= 11 is 0. The van der Waals surface area contributed by atoms with Gasteiger partial charge in [-0.25, -0.2) is 9.59 Å². The van der Waals surface area contributed by atoms with Crippen molar-refractivity contribution in [3.8, 4) is 0 Å². The van der Waals surface area contributed by atoms with Gasteiger partial charge in [-0.1, -0.05) is 13.8 Å². The fraction of sp³-hybridized carbons (Fsp3) is 0.636. The van der Waals surface area contributed by atoms with Crippen LogP contribution in [0.2, 0.25) is 0 Å². The Morgan fingerprint density at radius 1 is 1.41 bits per heavy atom. The van der Waals surface area contributed by atoms with Gasteiger partial charge in [0.25, 0.3) is 0 Å². The van der Waals surface area contributed by atoms with E-state index in [1.165, 1.54) is 6.08 Å². The standard InChI is InChI=1S/C11H19NO4.K.H/c1-5-16-9(13)6-8(4)12-10(7(2)3)11(14)15;;/h6-7,10,12H,5H2,1-4H3,(H,14,15);;/t10-;;/m0../s1. The summed E-state index contributed by atoms with van der Waals surface area (Å²) in [6.07, 6.45) is 1.25. The van der Waals surface area contributed by atoms with Crippen LogP contribution in [0.15, 0.2) is 11.8 Å². The number of aliphatic carboxylic acids is 1. The molecule has 0 heterocycles. The van der Waals surface area contributed by atoms with Crippen molar-refractivity contribution in [1.29, 1.82) is 0 Å². The van der Waals surface area contributed by atoms with Crippen LogP contribution >= 0.6 is 0 Å². The molecule has 17 heavy (non-hydrogen) atoms. The van der Waals surface area contributed by atoms with Crippen molar-refractivity contribution in [3.63, 3.8) is 0 Å². The zero-order valence-electron chi connectivity index (χ0n) is 10.1. The molecule has 6 heteroatoms. The molecule has 0 aliphatic rings. The molecular formula is C11H20KNO4. The molecule has 0 amide bonds. The van der Waals surface area contributed by atoms with E-state index in [1.54, 1.807) is 27.7 Å². The summed E-state index contributed by atoms with van der Waals surface area (Å²) in [7, 11) is 0. The molecule has 0 aromatic rings. The zero-order valence-corrected chi connectivity index (χ0v) is 10.1. The van der Waals surface area contributed by atoms with Gasteiger partial charge in [0.05, 0.1) is 6.61 Å². The summed E-state index contributed by atoms with van der Waals surface area (Å²) in [5.74, 6) is -1.48. The molecule has 94 valence electrons. The molecule has 0 aromatic heterocycles. The number of carboxylic acid groups (broad SMARTS) is 1. The van der Waals surface area contributed by atoms with Crippen molar-refractivity contribution in [2.45, 2.75) is 33.7 Å². The van der Waals surface area contributed by atoms with Crippen molar-refractivity contribution in [1.82, 2.24) is 5.32 Å². The number of ether oxygens (including phenoxy) is 1. The van der Waals surface area contributed by atoms with Crippen LogP contribution in [0.5, 0.6) is 0 Å². The van der Waals surface area contributed by atoms with Gasteiger partial charge in [-0.2, -0.15) is 0 Å². The van der Waals surface area contributed by atoms with Gasteiger partial charge in [0.15, 0.2) is 0 Å². The summed E-state index contributed by atoms with van der Waals surface area (Å²) in [6.45, 7) is 7.24. The second-order valence-electron chi connectivity index (χ2n) is 3.78. The number of carbonyl (C=O) groups excluding carboxylic acids is 1. The molecule has 0 aromatic carbocycles. The molecule has 0 radical (unpaired) electrons. The van der Waals surface area contributed by atoms with Gasteiger partial charge < -0.3 is 15.2 Å². The summed E-state index contributed by atoms with van der Waals surface area (Å²) < 4.78 is 4.71. The van der Waals surface area contributed by atoms with Crippen LogP contribution in [0.1, 0.15) is 27.7 Å². The number of carbonyl (C=O) groups is 2. The van der Waals surface area contributed by atoms with E-state index in [2.05, 4.69) is 5.32 Å². The second-order valence-corrected chi connectivity index (χ2v) is 3.78. The van der Waals surface area contributed by atoms with E-state index >= 15 is 0 Å². The molecule has 0 unspecified atom stereocenters. The zero-order chi connectivity index (χ0) is 12.7. The molecule has 2 N–H and O–H groups in total. The second kappa shape index (κ2) is 10.1. The van der Waals surface area contributed by atoms with Crippen molar-refractivity contribution in [2.24, 2.45) is 5.92 Å². The Morgan fingerprint density at radius 2 is 1.94 bits per heavy atom. The quantitative estimate of drug-likeness (QED) is 0.417. The van der Waals surface area contributed by atoms with Crippen molar-refractivity contribution >= 4 is 63.3 Å². The topological polar surface area (TPSA) is 75.6 Å². The van der Waals surface area contributed by atoms with Crippen LogP contribution < -0.4 is 5.32 Å². The molecule has 0 aliphatic heterocycles. The molecule has 1 atom stereocenters. The van der Waals surface area contributed by atoms with Gasteiger partial charge in [-0.3, -0.25) is 0 Å². The monoisotopic (exact) mass is 269 g/mol. The Kier molecular flexibility index (Phi) is 11.5. The molecule has 0 spiro atoms. The third-order valence-electron chi connectivity index (χ3n) is 1.94. The Labute approximate surface area is 144 Å². The first-order valence-corrected chi connectivity index (χ1v) is 5.22. The third-order valence-corrected chi connectivity index (χ3v) is 1.94. The Hall–Kier alpha value is 0.116. The van der Waals surface area contributed by atoms with E-state index in [9.17, 15) is 9.59 Å². The predicted octanol–water partition coefficient (Wildman–Crippen LogP) is 0.504. The van der Waals surface area contributed by atoms with Crippen molar-refractivity contribution < 1.29 is 19.4 Å². The first-order valence-electron chi connectivity index (χ1n) is 5.22. The summed E-state index contributed by atoms with van der Waals surface area (Å²) in [6, 6.07) is -0.703. The number of hydrogen-bond acceptors (Lipinski definition) is 4. The molecule has 0 bridgehead atoms. The van der Waals surface area contributed by atoms with E-state index in [0.717, 1.165) is 0 Å². The maximum absolute atomic E-state index is 11.1. The third kappa shape index (κ3) is 8.79. The van der Waals surface area contributed by atoms with Crippen LogP contribution in [0.4, 0.5) is 0 Å². The average Bonchev–Trinajstić information content (AvgIpc) is 2.13. The molecule has 0 fully saturated rings. The molecule has 0 saturated carbocycles. The van der Waals surface area contributed by atoms with Crippen LogP contribution in [-0.2, 0) is 14.3 Å². The first kappa shape index (κ1) is 19.5. The fourth-order valence-electron chi connectivity index (χ4n) is 1.16. The van der Waals surface area contributed by atoms with Gasteiger partial charge >= 0.3 is 63.3 Å². The minimum atomic E-state index is -0.938. The van der Waals surface area contributed by atoms with E-state index in [-0.39, 0.29) is 57.3 Å². The van der Waals surface area contributed by atoms with E-state index in [4.69, 9.17) is 9.84 Å². The average molecular weight is 269 g/mol. The predicted molar refractivity (Wildman–Crippen MR) is 66.9 cm³/mol. The number of carboxylic acids is 1. The minimum absolute atomic E-state index is 0. The molecule has 0 aliphatic carbocycles. The molecule has 5 nitrogen and oxygen atoms in total. The SMILES string of the molecule is CCOC(=O)C=C(C)N[C@H](C(=O)O)C(C)C.[KH]. The Balaban J connectivity index is 0. The van der Waals surface area contributed by atoms with Gasteiger partial charge in [0.2, 0.25) is 0 Å². The van der Waals surface area contributed by atoms with Crippen LogP contribution in [-0.4, -0.2) is 81.1 Å². The van der Waals surface area contributed by atoms with Gasteiger partial charge in [0, 0.05) is 11.8 Å². The van der Waals surface area contributed by atoms with Gasteiger partial charge in [0.1, 0.15) is 6.04 Å². The maximum atomic E-state index is 11.1. The molecule has 0 rings (SSSR count). The van der Waals surface area contributed by atoms with E-state index in [0.29, 0.717) is 12.3 Å². The fourth-order valence-corrected chi connectivity index (χ4v) is 1.16. The molecule has 0 saturated heterocycles. The summed E-state index contributed by atoms with van der Waals surface area (Å²) in [5, 5.41) is 11.7. The number of esters is 1. The van der Waals surface area contributed by atoms with Crippen LogP contribution in [0.3, 0.4) is 0 Å². The van der Waals surface area contributed by atoms with Crippen LogP contribution in [0, 0.1) is 5.92 Å². The van der Waals surface area contributed by atoms with Crippen molar-refractivity contribution in [3.05, 3.63) is 11.8 Å². The first-order chi connectivity index (χ1) is 7.38. The summed E-state index contributed by atoms with van der Waals surface area (Å²) in [5.41, 5.74) is 0.486. The van der Waals surface area contributed by atoms with Crippen LogP contribution in [0.25, 0.3) is 0 Å². The van der Waals surface area contributed by atoms with Crippen molar-refractivity contribution in [2.75, 3.05) is 6.61 Å². The van der Waals surface area contributed by atoms with Gasteiger partial charge in [-0.15, -0.1) is 0 Å². The van der Waals surface area contributed by atoms with E-state index in [1.807, 2.05) is 0 Å². The number of allylic oxidation sites excluding steroid dienone is 1. The Morgan fingerprint density at radius 3 is 2.29 bits per heavy atom. The van der Waals surface area contributed by atoms with E-state index < -0.39 is 18.0 Å². The number of rotatable bonds is 6. The Bertz CT molecular complexity index is 289. The summed E-state index contributed by atoms with van der Waals surface area (Å²) in [4.78, 5) is 22.0. The normalized spacial score (nSPS) is 12.6. The van der Waals surface area contributed by atoms with Gasteiger partial charge in [-0.05, 0) is 19.8 Å². The number of hydrogen-bond donors (Lipinski definition) is 2. The molecular weight excluding hydrogens is 249 g/mol.